The third-order valence-electron chi connectivity index (χ3n) is 0.415. The molecule has 0 saturated heterocycles. The zero-order valence-corrected chi connectivity index (χ0v) is 6.47. The van der Waals surface area contributed by atoms with Gasteiger partial charge < -0.3 is 0 Å². The van der Waals surface area contributed by atoms with Gasteiger partial charge in [0.25, 0.3) is 5.83 Å². The summed E-state index contributed by atoms with van der Waals surface area (Å²) < 4.78 is 64.8. The van der Waals surface area contributed by atoms with E-state index in [9.17, 15) is 26.3 Å². The van der Waals surface area contributed by atoms with Gasteiger partial charge in [0.2, 0.25) is 0 Å². The molecule has 0 aliphatic rings. The Hall–Kier alpha value is -0.680. The Balaban J connectivity index is 0. The van der Waals surface area contributed by atoms with Crippen LogP contribution in [-0.2, 0) is 0 Å². The molecule has 0 spiro atoms. The van der Waals surface area contributed by atoms with Gasteiger partial charge in [-0.2, -0.15) is 26.3 Å². The highest BCUT2D eigenvalue weighted by atomic mass is 19.4. The van der Waals surface area contributed by atoms with Crippen LogP contribution in [-0.4, -0.2) is 6.18 Å². The highest BCUT2D eigenvalue weighted by molar-refractivity contribution is 4.98. The van der Waals surface area contributed by atoms with Crippen LogP contribution in [0.2, 0.25) is 0 Å². The maximum Gasteiger partial charge on any atom is 0.448 e. The van der Waals surface area contributed by atoms with Gasteiger partial charge in [-0.05, 0) is 0 Å². The van der Waals surface area contributed by atoms with E-state index in [0.717, 1.165) is 0 Å². The second kappa shape index (κ2) is 5.91. The smallest absolute Gasteiger partial charge is 0.196 e. The van der Waals surface area contributed by atoms with Gasteiger partial charge in [-0.3, -0.25) is 0 Å². The topological polar surface area (TPSA) is 0 Å². The van der Waals surface area contributed by atoms with E-state index in [2.05, 4.69) is 13.8 Å². The molecule has 0 amide bonds. The summed E-state index contributed by atoms with van der Waals surface area (Å²) >= 11 is 0. The third kappa shape index (κ3) is 7.43. The summed E-state index contributed by atoms with van der Waals surface area (Å²) in [6.07, 6.45) is -7.65. The maximum absolute atomic E-state index is 11.0. The summed E-state index contributed by atoms with van der Waals surface area (Å²) in [7, 11) is 0. The number of alkyl halides is 3. The highest BCUT2D eigenvalue weighted by Gasteiger charge is 2.38. The van der Waals surface area contributed by atoms with Crippen molar-refractivity contribution in [2.45, 2.75) is 26.4 Å². The van der Waals surface area contributed by atoms with Crippen molar-refractivity contribution in [2.24, 2.45) is 0 Å². The number of rotatable bonds is 0. The largest absolute Gasteiger partial charge is 0.448 e. The molecular weight excluding hydrogens is 186 g/mol. The number of halogens is 6. The third-order valence-corrected chi connectivity index (χ3v) is 0.415. The van der Waals surface area contributed by atoms with Gasteiger partial charge in [-0.25, -0.2) is 0 Å². The van der Waals surface area contributed by atoms with Crippen molar-refractivity contribution in [3.05, 3.63) is 11.9 Å². The molecule has 0 heterocycles. The molecule has 0 aliphatic heterocycles. The minimum atomic E-state index is -5.56. The zero-order chi connectivity index (χ0) is 10.4. The molecule has 0 fully saturated rings. The summed E-state index contributed by atoms with van der Waals surface area (Å²) in [4.78, 5) is 0. The van der Waals surface area contributed by atoms with E-state index in [1.807, 2.05) is 0 Å². The fourth-order valence-corrected chi connectivity index (χ4v) is 0.107. The van der Waals surface area contributed by atoms with E-state index in [1.165, 1.54) is 6.42 Å². The number of allylic oxidation sites excluding steroid dienone is 1. The molecule has 0 aromatic carbocycles. The molecule has 12 heavy (non-hydrogen) atoms. The zero-order valence-electron chi connectivity index (χ0n) is 6.47. The molecule has 0 radical (unpaired) electrons. The summed E-state index contributed by atoms with van der Waals surface area (Å²) in [5.41, 5.74) is 0. The van der Waals surface area contributed by atoms with E-state index < -0.39 is 18.1 Å². The monoisotopic (exact) mass is 194 g/mol. The van der Waals surface area contributed by atoms with Crippen LogP contribution in [0.5, 0.6) is 0 Å². The summed E-state index contributed by atoms with van der Waals surface area (Å²) in [6.45, 7) is 4.25. The Morgan fingerprint density at radius 2 is 1.25 bits per heavy atom. The SMILES string of the molecule is CCC.FC(F)=C(F)C(F)(F)F. The quantitative estimate of drug-likeness (QED) is 0.510. The molecule has 0 unspecified atom stereocenters. The lowest BCUT2D eigenvalue weighted by Crippen LogP contribution is -2.08. The van der Waals surface area contributed by atoms with Crippen LogP contribution in [0.15, 0.2) is 11.9 Å². The van der Waals surface area contributed by atoms with Crippen LogP contribution in [0.1, 0.15) is 20.3 Å². The van der Waals surface area contributed by atoms with Crippen molar-refractivity contribution in [1.29, 1.82) is 0 Å². The summed E-state index contributed by atoms with van der Waals surface area (Å²) in [5, 5.41) is 0. The Bertz CT molecular complexity index is 141. The molecule has 6 heteroatoms. The fraction of sp³-hybridized carbons (Fsp3) is 0.667. The highest BCUT2D eigenvalue weighted by Crippen LogP contribution is 2.29. The first-order valence-electron chi connectivity index (χ1n) is 3.05. The van der Waals surface area contributed by atoms with Crippen molar-refractivity contribution in [1.82, 2.24) is 0 Å². The van der Waals surface area contributed by atoms with Crippen LogP contribution >= 0.6 is 0 Å². The van der Waals surface area contributed by atoms with Gasteiger partial charge >= 0.3 is 12.3 Å². The molecular formula is C6H8F6. The first-order valence-corrected chi connectivity index (χ1v) is 3.05. The first kappa shape index (κ1) is 13.9. The lowest BCUT2D eigenvalue weighted by atomic mass is 10.6. The van der Waals surface area contributed by atoms with E-state index in [1.54, 1.807) is 0 Å². The Morgan fingerprint density at radius 1 is 1.00 bits per heavy atom. The summed E-state index contributed by atoms with van der Waals surface area (Å²) in [6, 6.07) is 0. The van der Waals surface area contributed by atoms with E-state index >= 15 is 0 Å². The molecule has 0 bridgehead atoms. The molecule has 0 N–H and O–H groups in total. The Kier molecular flexibility index (Phi) is 6.83. The van der Waals surface area contributed by atoms with Crippen molar-refractivity contribution in [3.8, 4) is 0 Å². The number of hydrogen-bond acceptors (Lipinski definition) is 0. The molecule has 0 atom stereocenters. The molecule has 0 aromatic rings. The van der Waals surface area contributed by atoms with Gasteiger partial charge in [0.1, 0.15) is 0 Å². The predicted octanol–water partition coefficient (Wildman–Crippen LogP) is 4.04. The normalized spacial score (nSPS) is 10.0. The molecule has 0 nitrogen and oxygen atoms in total. The van der Waals surface area contributed by atoms with E-state index in [-0.39, 0.29) is 0 Å². The van der Waals surface area contributed by atoms with Gasteiger partial charge in [0, 0.05) is 0 Å². The number of hydrogen-bond donors (Lipinski definition) is 0. The van der Waals surface area contributed by atoms with Crippen molar-refractivity contribution < 1.29 is 26.3 Å². The van der Waals surface area contributed by atoms with Crippen LogP contribution in [0, 0.1) is 0 Å². The Morgan fingerprint density at radius 3 is 1.25 bits per heavy atom. The van der Waals surface area contributed by atoms with Crippen molar-refractivity contribution >= 4 is 0 Å². The standard InChI is InChI=1S/C3F6.C3H8/c4-1(2(5)6)3(7,8)9;1-3-2/h;3H2,1-2H3. The maximum atomic E-state index is 11.0. The second-order valence-corrected chi connectivity index (χ2v) is 1.78. The lowest BCUT2D eigenvalue weighted by Gasteiger charge is -1.98. The fourth-order valence-electron chi connectivity index (χ4n) is 0.107. The van der Waals surface area contributed by atoms with Crippen LogP contribution in [0.3, 0.4) is 0 Å². The van der Waals surface area contributed by atoms with E-state index in [4.69, 9.17) is 0 Å². The van der Waals surface area contributed by atoms with Crippen LogP contribution in [0.25, 0.3) is 0 Å². The van der Waals surface area contributed by atoms with E-state index in [0.29, 0.717) is 0 Å². The van der Waals surface area contributed by atoms with Gasteiger partial charge in [-0.1, -0.05) is 20.3 Å². The molecule has 74 valence electrons. The predicted molar refractivity (Wildman–Crippen MR) is 32.4 cm³/mol. The second-order valence-electron chi connectivity index (χ2n) is 1.78. The minimum Gasteiger partial charge on any atom is -0.196 e. The van der Waals surface area contributed by atoms with Gasteiger partial charge in [0.05, 0.1) is 0 Å². The molecule has 0 rings (SSSR count). The van der Waals surface area contributed by atoms with Crippen LogP contribution < -0.4 is 0 Å². The van der Waals surface area contributed by atoms with Gasteiger partial charge in [0.15, 0.2) is 0 Å². The van der Waals surface area contributed by atoms with Gasteiger partial charge in [-0.15, -0.1) is 0 Å². The first-order chi connectivity index (χ1) is 5.27. The minimum absolute atomic E-state index is 1.25. The van der Waals surface area contributed by atoms with Crippen molar-refractivity contribution in [2.75, 3.05) is 0 Å². The molecule has 0 saturated carbocycles. The average molecular weight is 194 g/mol. The summed E-state index contributed by atoms with van der Waals surface area (Å²) in [5.74, 6) is -3.33. The van der Waals surface area contributed by atoms with Crippen LogP contribution in [0.4, 0.5) is 26.3 Å². The van der Waals surface area contributed by atoms with Crippen molar-refractivity contribution in [3.63, 3.8) is 0 Å². The Labute approximate surface area is 65.9 Å². The average Bonchev–Trinajstić information content (AvgIpc) is 1.85. The lowest BCUT2D eigenvalue weighted by molar-refractivity contribution is -0.113. The molecule has 0 aromatic heterocycles. The molecule has 0 aliphatic carbocycles.